The van der Waals surface area contributed by atoms with Crippen molar-refractivity contribution in [3.05, 3.63) is 0 Å². The Bertz CT molecular complexity index is 305. The minimum atomic E-state index is -0.794. The fraction of sp³-hybridized carbons (Fsp3) is 0.846. The van der Waals surface area contributed by atoms with Gasteiger partial charge in [0.15, 0.2) is 0 Å². The van der Waals surface area contributed by atoms with E-state index < -0.39 is 11.9 Å². The molecule has 0 aromatic rings. The van der Waals surface area contributed by atoms with Gasteiger partial charge in [0.2, 0.25) is 0 Å². The third-order valence-corrected chi connectivity index (χ3v) is 3.41. The highest BCUT2D eigenvalue weighted by Crippen LogP contribution is 2.18. The zero-order chi connectivity index (χ0) is 13.7. The Hall–Kier alpha value is -1.26. The first kappa shape index (κ1) is 14.8. The van der Waals surface area contributed by atoms with Crippen LogP contribution in [0.4, 0.5) is 4.79 Å². The summed E-state index contributed by atoms with van der Waals surface area (Å²) < 4.78 is 0. The Labute approximate surface area is 109 Å². The number of carbonyl (C=O) groups is 2. The van der Waals surface area contributed by atoms with E-state index in [0.717, 1.165) is 19.4 Å². The van der Waals surface area contributed by atoms with E-state index in [2.05, 4.69) is 13.8 Å². The Morgan fingerprint density at radius 2 is 2.11 bits per heavy atom. The molecule has 18 heavy (non-hydrogen) atoms. The predicted octanol–water partition coefficient (Wildman–Crippen LogP) is 1.88. The molecule has 1 rings (SSSR count). The van der Waals surface area contributed by atoms with Crippen molar-refractivity contribution in [3.8, 4) is 0 Å². The molecular formula is C13H24N2O3. The average molecular weight is 256 g/mol. The van der Waals surface area contributed by atoms with Crippen LogP contribution in [0.2, 0.25) is 0 Å². The van der Waals surface area contributed by atoms with Gasteiger partial charge in [-0.3, -0.25) is 4.79 Å². The van der Waals surface area contributed by atoms with Crippen LogP contribution in [0.25, 0.3) is 0 Å². The first-order valence-electron chi connectivity index (χ1n) is 6.64. The van der Waals surface area contributed by atoms with Gasteiger partial charge >= 0.3 is 12.0 Å². The zero-order valence-electron chi connectivity index (χ0n) is 11.6. The molecule has 5 nitrogen and oxygen atoms in total. The number of hydrogen-bond acceptors (Lipinski definition) is 2. The number of urea groups is 1. The second kappa shape index (κ2) is 6.61. The number of carboxylic acid groups (broad SMARTS) is 1. The maximum Gasteiger partial charge on any atom is 0.319 e. The molecule has 2 amide bonds. The van der Waals surface area contributed by atoms with Crippen LogP contribution in [0.1, 0.15) is 33.1 Å². The van der Waals surface area contributed by atoms with Crippen LogP contribution in [0.15, 0.2) is 0 Å². The lowest BCUT2D eigenvalue weighted by atomic mass is 9.98. The molecule has 0 unspecified atom stereocenters. The summed E-state index contributed by atoms with van der Waals surface area (Å²) in [6.45, 7) is 6.00. The lowest BCUT2D eigenvalue weighted by Crippen LogP contribution is -2.47. The monoisotopic (exact) mass is 256 g/mol. The number of aliphatic carboxylic acids is 1. The SMILES string of the molecule is CC(C)CCN(C)C(=O)N1CCC[C@@H](C(=O)O)C1. The van der Waals surface area contributed by atoms with Crippen molar-refractivity contribution in [2.24, 2.45) is 11.8 Å². The highest BCUT2D eigenvalue weighted by atomic mass is 16.4. The van der Waals surface area contributed by atoms with Crippen LogP contribution < -0.4 is 0 Å². The fourth-order valence-electron chi connectivity index (χ4n) is 2.14. The Kier molecular flexibility index (Phi) is 5.44. The number of rotatable bonds is 4. The lowest BCUT2D eigenvalue weighted by molar-refractivity contribution is -0.143. The van der Waals surface area contributed by atoms with Crippen LogP contribution in [0.3, 0.4) is 0 Å². The number of likely N-dealkylation sites (tertiary alicyclic amines) is 1. The quantitative estimate of drug-likeness (QED) is 0.835. The topological polar surface area (TPSA) is 60.9 Å². The van der Waals surface area contributed by atoms with E-state index >= 15 is 0 Å². The maximum absolute atomic E-state index is 12.1. The van der Waals surface area contributed by atoms with Gasteiger partial charge in [0.05, 0.1) is 5.92 Å². The highest BCUT2D eigenvalue weighted by molar-refractivity contribution is 5.76. The summed E-state index contributed by atoms with van der Waals surface area (Å²) in [6.07, 6.45) is 2.42. The molecule has 1 N–H and O–H groups in total. The minimum Gasteiger partial charge on any atom is -0.481 e. The van der Waals surface area contributed by atoms with Crippen LogP contribution in [0, 0.1) is 11.8 Å². The standard InChI is InChI=1S/C13H24N2O3/c1-10(2)6-8-14(3)13(18)15-7-4-5-11(9-15)12(16)17/h10-11H,4-9H2,1-3H3,(H,16,17)/t11-/m1/s1. The molecule has 1 heterocycles. The number of carboxylic acids is 1. The molecular weight excluding hydrogens is 232 g/mol. The smallest absolute Gasteiger partial charge is 0.319 e. The molecule has 0 aromatic carbocycles. The predicted molar refractivity (Wildman–Crippen MR) is 69.4 cm³/mol. The maximum atomic E-state index is 12.1. The molecule has 5 heteroatoms. The summed E-state index contributed by atoms with van der Waals surface area (Å²) in [5.74, 6) is -0.632. The van der Waals surface area contributed by atoms with Crippen LogP contribution in [-0.4, -0.2) is 53.6 Å². The first-order valence-corrected chi connectivity index (χ1v) is 6.64. The third-order valence-electron chi connectivity index (χ3n) is 3.41. The largest absolute Gasteiger partial charge is 0.481 e. The molecule has 1 aliphatic rings. The summed E-state index contributed by atoms with van der Waals surface area (Å²) in [5.41, 5.74) is 0. The van der Waals surface area contributed by atoms with E-state index in [-0.39, 0.29) is 6.03 Å². The molecule has 0 bridgehead atoms. The normalized spacial score (nSPS) is 20.0. The molecule has 0 spiro atoms. The van der Waals surface area contributed by atoms with Gasteiger partial charge in [-0.1, -0.05) is 13.8 Å². The summed E-state index contributed by atoms with van der Waals surface area (Å²) in [7, 11) is 1.79. The Morgan fingerprint density at radius 3 is 2.67 bits per heavy atom. The van der Waals surface area contributed by atoms with Crippen molar-refractivity contribution in [3.63, 3.8) is 0 Å². The summed E-state index contributed by atoms with van der Waals surface area (Å²) in [6, 6.07) is -0.0402. The summed E-state index contributed by atoms with van der Waals surface area (Å²) in [5, 5.41) is 9.00. The van der Waals surface area contributed by atoms with E-state index in [9.17, 15) is 9.59 Å². The number of nitrogens with zero attached hydrogens (tertiary/aromatic N) is 2. The van der Waals surface area contributed by atoms with E-state index in [4.69, 9.17) is 5.11 Å². The van der Waals surface area contributed by atoms with Gasteiger partial charge in [-0.05, 0) is 25.2 Å². The van der Waals surface area contributed by atoms with Crippen LogP contribution >= 0.6 is 0 Å². The molecule has 0 aromatic heterocycles. The first-order chi connectivity index (χ1) is 8.41. The Morgan fingerprint density at radius 1 is 1.44 bits per heavy atom. The van der Waals surface area contributed by atoms with Crippen molar-refractivity contribution in [1.82, 2.24) is 9.80 Å². The molecule has 1 atom stereocenters. The molecule has 0 radical (unpaired) electrons. The minimum absolute atomic E-state index is 0.0402. The third kappa shape index (κ3) is 4.20. The fourth-order valence-corrected chi connectivity index (χ4v) is 2.14. The number of hydrogen-bond donors (Lipinski definition) is 1. The zero-order valence-corrected chi connectivity index (χ0v) is 11.6. The second-order valence-corrected chi connectivity index (χ2v) is 5.51. The van der Waals surface area contributed by atoms with Gasteiger partial charge in [-0.15, -0.1) is 0 Å². The van der Waals surface area contributed by atoms with Gasteiger partial charge in [-0.2, -0.15) is 0 Å². The number of piperidine rings is 1. The van der Waals surface area contributed by atoms with Crippen molar-refractivity contribution in [1.29, 1.82) is 0 Å². The number of carbonyl (C=O) groups excluding carboxylic acids is 1. The van der Waals surface area contributed by atoms with Crippen molar-refractivity contribution in [2.45, 2.75) is 33.1 Å². The van der Waals surface area contributed by atoms with Gasteiger partial charge in [0.1, 0.15) is 0 Å². The van der Waals surface area contributed by atoms with Gasteiger partial charge < -0.3 is 14.9 Å². The second-order valence-electron chi connectivity index (χ2n) is 5.51. The van der Waals surface area contributed by atoms with Crippen molar-refractivity contribution >= 4 is 12.0 Å². The van der Waals surface area contributed by atoms with Crippen molar-refractivity contribution in [2.75, 3.05) is 26.7 Å². The van der Waals surface area contributed by atoms with E-state index in [1.165, 1.54) is 0 Å². The molecule has 104 valence electrons. The molecule has 1 saturated heterocycles. The van der Waals surface area contributed by atoms with E-state index in [1.807, 2.05) is 0 Å². The van der Waals surface area contributed by atoms with Crippen molar-refractivity contribution < 1.29 is 14.7 Å². The Balaban J connectivity index is 2.47. The highest BCUT2D eigenvalue weighted by Gasteiger charge is 2.29. The molecule has 0 aliphatic carbocycles. The van der Waals surface area contributed by atoms with Gasteiger partial charge in [0, 0.05) is 26.7 Å². The van der Waals surface area contributed by atoms with Gasteiger partial charge in [-0.25, -0.2) is 4.79 Å². The lowest BCUT2D eigenvalue weighted by Gasteiger charge is -2.34. The van der Waals surface area contributed by atoms with Gasteiger partial charge in [0.25, 0.3) is 0 Å². The average Bonchev–Trinajstić information content (AvgIpc) is 2.35. The van der Waals surface area contributed by atoms with E-state index in [0.29, 0.717) is 25.4 Å². The summed E-state index contributed by atoms with van der Waals surface area (Å²) >= 11 is 0. The molecule has 1 fully saturated rings. The van der Waals surface area contributed by atoms with Crippen LogP contribution in [0.5, 0.6) is 0 Å². The van der Waals surface area contributed by atoms with Crippen LogP contribution in [-0.2, 0) is 4.79 Å². The summed E-state index contributed by atoms with van der Waals surface area (Å²) in [4.78, 5) is 26.5. The van der Waals surface area contributed by atoms with E-state index in [1.54, 1.807) is 16.8 Å². The number of amides is 2. The molecule has 1 aliphatic heterocycles. The molecule has 0 saturated carbocycles.